The molecular formula is C18H28N2O2. The van der Waals surface area contributed by atoms with Gasteiger partial charge in [0, 0.05) is 32.8 Å². The molecule has 0 aromatic heterocycles. The molecule has 0 unspecified atom stereocenters. The Morgan fingerprint density at radius 2 is 2.14 bits per heavy atom. The fourth-order valence-corrected chi connectivity index (χ4v) is 3.09. The van der Waals surface area contributed by atoms with Gasteiger partial charge in [-0.1, -0.05) is 30.3 Å². The minimum absolute atomic E-state index is 0.0954. The molecule has 0 radical (unpaired) electrons. The second-order valence-corrected chi connectivity index (χ2v) is 5.95. The number of nitrogens with zero attached hydrogens (tertiary/aromatic N) is 1. The van der Waals surface area contributed by atoms with Crippen LogP contribution in [0.25, 0.3) is 0 Å². The molecule has 4 nitrogen and oxygen atoms in total. The van der Waals surface area contributed by atoms with Crippen LogP contribution in [0.2, 0.25) is 0 Å². The number of nitrogens with one attached hydrogen (secondary N) is 1. The zero-order valence-corrected chi connectivity index (χ0v) is 13.6. The van der Waals surface area contributed by atoms with Crippen molar-refractivity contribution in [3.8, 4) is 0 Å². The highest BCUT2D eigenvalue weighted by Gasteiger charge is 2.25. The number of rotatable bonds is 7. The Labute approximate surface area is 133 Å². The molecule has 0 bridgehead atoms. The molecule has 1 atom stereocenters. The fraction of sp³-hybridized carbons (Fsp3) is 0.611. The van der Waals surface area contributed by atoms with Gasteiger partial charge in [0.05, 0.1) is 0 Å². The van der Waals surface area contributed by atoms with Gasteiger partial charge >= 0.3 is 6.03 Å². The van der Waals surface area contributed by atoms with Gasteiger partial charge in [0.15, 0.2) is 0 Å². The molecule has 2 rings (SSSR count). The third-order valence-electron chi connectivity index (χ3n) is 4.31. The minimum Gasteiger partial charge on any atom is -0.385 e. The predicted octanol–water partition coefficient (Wildman–Crippen LogP) is 3.22. The van der Waals surface area contributed by atoms with Gasteiger partial charge in [0.2, 0.25) is 0 Å². The van der Waals surface area contributed by atoms with E-state index in [0.29, 0.717) is 12.6 Å². The van der Waals surface area contributed by atoms with Crippen LogP contribution >= 0.6 is 0 Å². The van der Waals surface area contributed by atoms with E-state index in [9.17, 15) is 4.79 Å². The van der Waals surface area contributed by atoms with Crippen molar-refractivity contribution >= 4 is 6.03 Å². The number of hydrogen-bond acceptors (Lipinski definition) is 2. The molecule has 2 amide bonds. The van der Waals surface area contributed by atoms with Crippen molar-refractivity contribution < 1.29 is 9.53 Å². The molecule has 0 aliphatic carbocycles. The topological polar surface area (TPSA) is 41.6 Å². The minimum atomic E-state index is 0.0954. The van der Waals surface area contributed by atoms with Crippen LogP contribution in [0.4, 0.5) is 4.79 Å². The number of ether oxygens (including phenoxy) is 1. The molecule has 122 valence electrons. The predicted molar refractivity (Wildman–Crippen MR) is 89.0 cm³/mol. The molecule has 1 saturated heterocycles. The lowest BCUT2D eigenvalue weighted by molar-refractivity contribution is 0.133. The van der Waals surface area contributed by atoms with E-state index >= 15 is 0 Å². The highest BCUT2D eigenvalue weighted by molar-refractivity contribution is 5.74. The van der Waals surface area contributed by atoms with Crippen LogP contribution in [0, 0.1) is 0 Å². The van der Waals surface area contributed by atoms with Crippen molar-refractivity contribution in [3.63, 3.8) is 0 Å². The van der Waals surface area contributed by atoms with E-state index in [-0.39, 0.29) is 6.03 Å². The fourth-order valence-electron chi connectivity index (χ4n) is 3.09. The number of urea groups is 1. The maximum atomic E-state index is 12.4. The molecule has 1 N–H and O–H groups in total. The summed E-state index contributed by atoms with van der Waals surface area (Å²) in [5.74, 6) is 0. The first-order valence-electron chi connectivity index (χ1n) is 8.38. The van der Waals surface area contributed by atoms with E-state index in [2.05, 4.69) is 17.4 Å². The van der Waals surface area contributed by atoms with Gasteiger partial charge in [-0.3, -0.25) is 0 Å². The highest BCUT2D eigenvalue weighted by atomic mass is 16.5. The van der Waals surface area contributed by atoms with E-state index < -0.39 is 0 Å². The van der Waals surface area contributed by atoms with Gasteiger partial charge in [-0.2, -0.15) is 0 Å². The summed E-state index contributed by atoms with van der Waals surface area (Å²) in [6.07, 6.45) is 6.41. The van der Waals surface area contributed by atoms with Crippen LogP contribution in [0.3, 0.4) is 0 Å². The lowest BCUT2D eigenvalue weighted by Gasteiger charge is -2.35. The second kappa shape index (κ2) is 9.46. The molecule has 1 aromatic rings. The number of likely N-dealkylation sites (tertiary alicyclic amines) is 1. The summed E-state index contributed by atoms with van der Waals surface area (Å²) < 4.78 is 5.12. The smallest absolute Gasteiger partial charge is 0.317 e. The van der Waals surface area contributed by atoms with Crippen molar-refractivity contribution in [2.24, 2.45) is 0 Å². The van der Waals surface area contributed by atoms with Crippen molar-refractivity contribution in [2.45, 2.75) is 44.6 Å². The number of hydrogen-bond donors (Lipinski definition) is 1. The number of carbonyl (C=O) groups is 1. The molecule has 22 heavy (non-hydrogen) atoms. The lowest BCUT2D eigenvalue weighted by Crippen LogP contribution is -2.49. The maximum absolute atomic E-state index is 12.4. The van der Waals surface area contributed by atoms with Crippen molar-refractivity contribution in [2.75, 3.05) is 26.8 Å². The Bertz CT molecular complexity index is 436. The standard InChI is InChI=1S/C18H28N2O2/c1-22-15-7-11-17-10-5-6-14-20(17)18(21)19-13-12-16-8-3-2-4-9-16/h2-4,8-9,17H,5-7,10-15H2,1H3,(H,19,21)/t17-/m0/s1. The van der Waals surface area contributed by atoms with E-state index in [4.69, 9.17) is 4.74 Å². The molecule has 1 aliphatic heterocycles. The van der Waals surface area contributed by atoms with Gasteiger partial charge in [0.1, 0.15) is 0 Å². The maximum Gasteiger partial charge on any atom is 0.317 e. The normalized spacial score (nSPS) is 18.2. The SMILES string of the molecule is COCCC[C@@H]1CCCCN1C(=O)NCCc1ccccc1. The number of amides is 2. The third kappa shape index (κ3) is 5.34. The number of piperidine rings is 1. The largest absolute Gasteiger partial charge is 0.385 e. The summed E-state index contributed by atoms with van der Waals surface area (Å²) in [5, 5.41) is 3.08. The molecular weight excluding hydrogens is 276 g/mol. The summed E-state index contributed by atoms with van der Waals surface area (Å²) in [5.41, 5.74) is 1.26. The number of methoxy groups -OCH3 is 1. The van der Waals surface area contributed by atoms with Crippen molar-refractivity contribution in [1.82, 2.24) is 10.2 Å². The Kier molecular flexibility index (Phi) is 7.23. The average Bonchev–Trinajstić information content (AvgIpc) is 2.56. The Morgan fingerprint density at radius 1 is 1.32 bits per heavy atom. The van der Waals surface area contributed by atoms with Crippen molar-refractivity contribution in [3.05, 3.63) is 35.9 Å². The second-order valence-electron chi connectivity index (χ2n) is 5.95. The van der Waals surface area contributed by atoms with Gasteiger partial charge in [0.25, 0.3) is 0 Å². The van der Waals surface area contributed by atoms with Crippen LogP contribution in [-0.4, -0.2) is 43.8 Å². The Hall–Kier alpha value is -1.55. The summed E-state index contributed by atoms with van der Waals surface area (Å²) >= 11 is 0. The molecule has 1 heterocycles. The highest BCUT2D eigenvalue weighted by Crippen LogP contribution is 2.20. The van der Waals surface area contributed by atoms with Crippen molar-refractivity contribution in [1.29, 1.82) is 0 Å². The first kappa shape index (κ1) is 16.8. The summed E-state index contributed by atoms with van der Waals surface area (Å²) in [7, 11) is 1.73. The van der Waals surface area contributed by atoms with Crippen LogP contribution in [0.15, 0.2) is 30.3 Å². The van der Waals surface area contributed by atoms with Gasteiger partial charge in [-0.25, -0.2) is 4.79 Å². The molecule has 1 fully saturated rings. The zero-order valence-electron chi connectivity index (χ0n) is 13.6. The van der Waals surface area contributed by atoms with Crippen LogP contribution in [0.1, 0.15) is 37.7 Å². The summed E-state index contributed by atoms with van der Waals surface area (Å²) in [6.45, 7) is 2.36. The number of benzene rings is 1. The Balaban J connectivity index is 1.76. The molecule has 4 heteroatoms. The third-order valence-corrected chi connectivity index (χ3v) is 4.31. The molecule has 0 saturated carbocycles. The van der Waals surface area contributed by atoms with E-state index in [1.165, 1.54) is 12.0 Å². The van der Waals surface area contributed by atoms with Crippen LogP contribution in [0.5, 0.6) is 0 Å². The van der Waals surface area contributed by atoms with Gasteiger partial charge < -0.3 is 15.0 Å². The van der Waals surface area contributed by atoms with Gasteiger partial charge in [-0.15, -0.1) is 0 Å². The van der Waals surface area contributed by atoms with Gasteiger partial charge in [-0.05, 0) is 44.1 Å². The quantitative estimate of drug-likeness (QED) is 0.786. The summed E-state index contributed by atoms with van der Waals surface area (Å²) in [4.78, 5) is 14.4. The summed E-state index contributed by atoms with van der Waals surface area (Å²) in [6, 6.07) is 10.8. The van der Waals surface area contributed by atoms with E-state index in [1.54, 1.807) is 7.11 Å². The Morgan fingerprint density at radius 3 is 2.91 bits per heavy atom. The van der Waals surface area contributed by atoms with E-state index in [1.807, 2.05) is 23.1 Å². The molecule has 0 spiro atoms. The van der Waals surface area contributed by atoms with Crippen LogP contribution in [-0.2, 0) is 11.2 Å². The first-order chi connectivity index (χ1) is 10.8. The molecule has 1 aliphatic rings. The average molecular weight is 304 g/mol. The molecule has 1 aromatic carbocycles. The monoisotopic (exact) mass is 304 g/mol. The van der Waals surface area contributed by atoms with E-state index in [0.717, 1.165) is 45.3 Å². The first-order valence-corrected chi connectivity index (χ1v) is 8.38. The lowest BCUT2D eigenvalue weighted by atomic mass is 9.98. The van der Waals surface area contributed by atoms with Crippen LogP contribution < -0.4 is 5.32 Å². The number of carbonyl (C=O) groups excluding carboxylic acids is 1. The zero-order chi connectivity index (χ0) is 15.6.